The van der Waals surface area contributed by atoms with Gasteiger partial charge in [0.15, 0.2) is 0 Å². The highest BCUT2D eigenvalue weighted by Gasteiger charge is 2.11. The largest absolute Gasteiger partial charge is 0.342 e. The first-order valence-electron chi connectivity index (χ1n) is 5.32. The first-order chi connectivity index (χ1) is 8.11. The van der Waals surface area contributed by atoms with E-state index in [0.717, 1.165) is 5.82 Å². The van der Waals surface area contributed by atoms with Crippen molar-refractivity contribution in [1.29, 1.82) is 0 Å². The zero-order valence-corrected chi connectivity index (χ0v) is 11.0. The Hall–Kier alpha value is -1.20. The van der Waals surface area contributed by atoms with Gasteiger partial charge in [0.25, 0.3) is 0 Å². The van der Waals surface area contributed by atoms with Crippen molar-refractivity contribution in [2.75, 3.05) is 6.54 Å². The van der Waals surface area contributed by atoms with Gasteiger partial charge in [-0.15, -0.1) is 0 Å². The van der Waals surface area contributed by atoms with Crippen molar-refractivity contribution in [3.05, 3.63) is 40.5 Å². The maximum absolute atomic E-state index is 13.7. The van der Waals surface area contributed by atoms with E-state index in [4.69, 9.17) is 5.73 Å². The number of nitrogens with one attached hydrogen (secondary N) is 1. The molecule has 0 amide bonds. The van der Waals surface area contributed by atoms with E-state index < -0.39 is 0 Å². The first-order valence-corrected chi connectivity index (χ1v) is 6.11. The Morgan fingerprint density at radius 1 is 1.53 bits per heavy atom. The number of benzene rings is 1. The molecule has 1 heterocycles. The lowest BCUT2D eigenvalue weighted by molar-refractivity contribution is 0.630. The zero-order valence-electron chi connectivity index (χ0n) is 9.37. The second-order valence-corrected chi connectivity index (χ2v) is 4.86. The second-order valence-electron chi connectivity index (χ2n) is 3.94. The summed E-state index contributed by atoms with van der Waals surface area (Å²) in [5.74, 6) is 0.641. The molecule has 0 aliphatic carbocycles. The SMILES string of the molecule is CC(CN)c1ncc(-c2ccc(Br)cc2F)[nH]1. The van der Waals surface area contributed by atoms with E-state index in [1.54, 1.807) is 18.3 Å². The third-order valence-electron chi connectivity index (χ3n) is 2.64. The minimum atomic E-state index is -0.282. The minimum Gasteiger partial charge on any atom is -0.342 e. The molecule has 0 saturated carbocycles. The number of imidazole rings is 1. The van der Waals surface area contributed by atoms with Crippen molar-refractivity contribution in [3.63, 3.8) is 0 Å². The molecule has 2 aromatic rings. The highest BCUT2D eigenvalue weighted by Crippen LogP contribution is 2.25. The average molecular weight is 298 g/mol. The molecule has 0 aliphatic rings. The van der Waals surface area contributed by atoms with Gasteiger partial charge in [0.05, 0.1) is 11.9 Å². The van der Waals surface area contributed by atoms with Gasteiger partial charge in [-0.1, -0.05) is 22.9 Å². The minimum absolute atomic E-state index is 0.141. The number of nitrogens with zero attached hydrogens (tertiary/aromatic N) is 1. The van der Waals surface area contributed by atoms with E-state index in [-0.39, 0.29) is 11.7 Å². The molecule has 1 atom stereocenters. The fraction of sp³-hybridized carbons (Fsp3) is 0.250. The maximum atomic E-state index is 13.7. The molecule has 90 valence electrons. The third kappa shape index (κ3) is 2.56. The maximum Gasteiger partial charge on any atom is 0.133 e. The highest BCUT2D eigenvalue weighted by atomic mass is 79.9. The predicted octanol–water partition coefficient (Wildman–Crippen LogP) is 3.04. The van der Waals surface area contributed by atoms with Crippen LogP contribution in [0.5, 0.6) is 0 Å². The van der Waals surface area contributed by atoms with Crippen LogP contribution in [0.2, 0.25) is 0 Å². The van der Waals surface area contributed by atoms with Crippen molar-refractivity contribution in [1.82, 2.24) is 9.97 Å². The number of hydrogen-bond acceptors (Lipinski definition) is 2. The molecule has 0 fully saturated rings. The van der Waals surface area contributed by atoms with Crippen LogP contribution < -0.4 is 5.73 Å². The molecule has 0 bridgehead atoms. The number of halogens is 2. The summed E-state index contributed by atoms with van der Waals surface area (Å²) in [6.07, 6.45) is 1.63. The highest BCUT2D eigenvalue weighted by molar-refractivity contribution is 9.10. The van der Waals surface area contributed by atoms with Crippen molar-refractivity contribution in [2.24, 2.45) is 5.73 Å². The van der Waals surface area contributed by atoms with Gasteiger partial charge in [-0.2, -0.15) is 0 Å². The lowest BCUT2D eigenvalue weighted by Gasteiger charge is -2.04. The number of hydrogen-bond donors (Lipinski definition) is 2. The average Bonchev–Trinajstić information content (AvgIpc) is 2.77. The number of aromatic amines is 1. The standard InChI is InChI=1S/C12H13BrFN3/c1-7(5-15)12-16-6-11(17-12)9-3-2-8(13)4-10(9)14/h2-4,6-7H,5,15H2,1H3,(H,16,17). The summed E-state index contributed by atoms with van der Waals surface area (Å²) < 4.78 is 14.4. The number of rotatable bonds is 3. The Labute approximate surface area is 107 Å². The van der Waals surface area contributed by atoms with Gasteiger partial charge in [-0.05, 0) is 18.2 Å². The van der Waals surface area contributed by atoms with Crippen molar-refractivity contribution in [3.8, 4) is 11.3 Å². The summed E-state index contributed by atoms with van der Waals surface area (Å²) in [6.45, 7) is 2.48. The van der Waals surface area contributed by atoms with Gasteiger partial charge < -0.3 is 10.7 Å². The summed E-state index contributed by atoms with van der Waals surface area (Å²) in [7, 11) is 0. The van der Waals surface area contributed by atoms with Crippen molar-refractivity contribution < 1.29 is 4.39 Å². The Bertz CT molecular complexity index is 524. The first kappa shape index (κ1) is 12.3. The molecule has 3 nitrogen and oxygen atoms in total. The van der Waals surface area contributed by atoms with Crippen LogP contribution in [0.1, 0.15) is 18.7 Å². The zero-order chi connectivity index (χ0) is 12.4. The molecule has 0 saturated heterocycles. The number of H-pyrrole nitrogens is 1. The van der Waals surface area contributed by atoms with Crippen LogP contribution in [0, 0.1) is 5.82 Å². The van der Waals surface area contributed by atoms with E-state index in [2.05, 4.69) is 25.9 Å². The van der Waals surface area contributed by atoms with E-state index >= 15 is 0 Å². The van der Waals surface area contributed by atoms with Crippen LogP contribution in [0.15, 0.2) is 28.9 Å². The molecule has 1 aromatic carbocycles. The monoisotopic (exact) mass is 297 g/mol. The molecule has 0 radical (unpaired) electrons. The Morgan fingerprint density at radius 3 is 2.94 bits per heavy atom. The predicted molar refractivity (Wildman–Crippen MR) is 69.2 cm³/mol. The fourth-order valence-corrected chi connectivity index (χ4v) is 1.88. The molecule has 5 heteroatoms. The van der Waals surface area contributed by atoms with Crippen molar-refractivity contribution in [2.45, 2.75) is 12.8 Å². The summed E-state index contributed by atoms with van der Waals surface area (Å²) in [4.78, 5) is 7.31. The van der Waals surface area contributed by atoms with Gasteiger partial charge in [0.1, 0.15) is 11.6 Å². The van der Waals surface area contributed by atoms with Crippen LogP contribution in [-0.4, -0.2) is 16.5 Å². The molecule has 1 aromatic heterocycles. The quantitative estimate of drug-likeness (QED) is 0.915. The van der Waals surface area contributed by atoms with Crippen LogP contribution in [0.4, 0.5) is 4.39 Å². The van der Waals surface area contributed by atoms with Crippen LogP contribution >= 0.6 is 15.9 Å². The molecule has 2 rings (SSSR count). The Morgan fingerprint density at radius 2 is 2.29 bits per heavy atom. The lowest BCUT2D eigenvalue weighted by Crippen LogP contribution is -2.10. The van der Waals surface area contributed by atoms with Gasteiger partial charge in [-0.3, -0.25) is 0 Å². The van der Waals surface area contributed by atoms with Crippen LogP contribution in [-0.2, 0) is 0 Å². The number of nitrogens with two attached hydrogens (primary N) is 1. The van der Waals surface area contributed by atoms with Gasteiger partial charge >= 0.3 is 0 Å². The fourth-order valence-electron chi connectivity index (χ4n) is 1.54. The Kier molecular flexibility index (Phi) is 3.59. The normalized spacial score (nSPS) is 12.7. The van der Waals surface area contributed by atoms with Crippen LogP contribution in [0.3, 0.4) is 0 Å². The third-order valence-corrected chi connectivity index (χ3v) is 3.13. The van der Waals surface area contributed by atoms with E-state index in [1.807, 2.05) is 6.92 Å². The van der Waals surface area contributed by atoms with Gasteiger partial charge in [-0.25, -0.2) is 9.37 Å². The Balaban J connectivity index is 2.37. The molecular formula is C12H13BrFN3. The molecular weight excluding hydrogens is 285 g/mol. The molecule has 0 aliphatic heterocycles. The summed E-state index contributed by atoms with van der Waals surface area (Å²) in [6, 6.07) is 4.94. The topological polar surface area (TPSA) is 54.7 Å². The number of aromatic nitrogens is 2. The lowest BCUT2D eigenvalue weighted by atomic mass is 10.1. The van der Waals surface area contributed by atoms with Crippen molar-refractivity contribution >= 4 is 15.9 Å². The molecule has 1 unspecified atom stereocenters. The summed E-state index contributed by atoms with van der Waals surface area (Å²) >= 11 is 3.23. The van der Waals surface area contributed by atoms with E-state index in [1.165, 1.54) is 6.07 Å². The van der Waals surface area contributed by atoms with Crippen LogP contribution in [0.25, 0.3) is 11.3 Å². The molecule has 0 spiro atoms. The summed E-state index contributed by atoms with van der Waals surface area (Å²) in [5.41, 5.74) is 6.74. The molecule has 17 heavy (non-hydrogen) atoms. The summed E-state index contributed by atoms with van der Waals surface area (Å²) in [5, 5.41) is 0. The van der Waals surface area contributed by atoms with Gasteiger partial charge in [0, 0.05) is 22.5 Å². The van der Waals surface area contributed by atoms with E-state index in [9.17, 15) is 4.39 Å². The van der Waals surface area contributed by atoms with E-state index in [0.29, 0.717) is 22.3 Å². The molecule has 3 N–H and O–H groups in total. The smallest absolute Gasteiger partial charge is 0.133 e. The van der Waals surface area contributed by atoms with Gasteiger partial charge in [0.2, 0.25) is 0 Å². The second kappa shape index (κ2) is 4.98.